The van der Waals surface area contributed by atoms with Gasteiger partial charge in [-0.05, 0) is 35.9 Å². The van der Waals surface area contributed by atoms with Gasteiger partial charge in [-0.15, -0.1) is 0 Å². The third kappa shape index (κ3) is 5.55. The maximum Gasteiger partial charge on any atom is 0.251 e. The molecule has 0 saturated carbocycles. The topological polar surface area (TPSA) is 58.6 Å². The number of hydrogen-bond acceptors (Lipinski definition) is 4. The number of halogens is 4. The van der Waals surface area contributed by atoms with Crippen LogP contribution in [0, 0.1) is 5.82 Å². The molecule has 1 aliphatic heterocycles. The van der Waals surface area contributed by atoms with Crippen molar-refractivity contribution >= 4 is 45.0 Å². The zero-order chi connectivity index (χ0) is 25.1. The Hall–Kier alpha value is -2.81. The number of alkyl halides is 1. The van der Waals surface area contributed by atoms with E-state index in [4.69, 9.17) is 16.3 Å². The van der Waals surface area contributed by atoms with E-state index in [2.05, 4.69) is 21.2 Å². The van der Waals surface area contributed by atoms with Crippen LogP contribution in [-0.4, -0.2) is 37.7 Å². The Morgan fingerprint density at radius 1 is 1.14 bits per heavy atom. The lowest BCUT2D eigenvalue weighted by Gasteiger charge is -2.25. The summed E-state index contributed by atoms with van der Waals surface area (Å²) in [6.07, 6.45) is -1.53. The van der Waals surface area contributed by atoms with Gasteiger partial charge in [-0.3, -0.25) is 9.59 Å². The molecule has 3 aromatic rings. The van der Waals surface area contributed by atoms with E-state index in [1.54, 1.807) is 48.5 Å². The second-order valence-electron chi connectivity index (χ2n) is 8.16. The molecule has 0 spiro atoms. The summed E-state index contributed by atoms with van der Waals surface area (Å²) in [6.45, 7) is -0.0105. The van der Waals surface area contributed by atoms with Gasteiger partial charge >= 0.3 is 0 Å². The zero-order valence-electron chi connectivity index (χ0n) is 18.7. The molecule has 0 bridgehead atoms. The van der Waals surface area contributed by atoms with Crippen molar-refractivity contribution in [2.24, 2.45) is 0 Å². The SMILES string of the molecule is COc1cc(Br)cc(CC(=O)N(C(=O)[C@@H]2C[C@@H](F)CN2)c2cccc(-c3ccccc3Cl)c2F)c1. The van der Waals surface area contributed by atoms with E-state index in [1.165, 1.54) is 19.2 Å². The van der Waals surface area contributed by atoms with Crippen LogP contribution in [0.3, 0.4) is 0 Å². The molecule has 0 aliphatic carbocycles. The van der Waals surface area contributed by atoms with Crippen LogP contribution >= 0.6 is 27.5 Å². The third-order valence-electron chi connectivity index (χ3n) is 5.75. The monoisotopic (exact) mass is 562 g/mol. The molecule has 182 valence electrons. The van der Waals surface area contributed by atoms with Gasteiger partial charge < -0.3 is 10.1 Å². The number of nitrogens with zero attached hydrogens (tertiary/aromatic N) is 1. The smallest absolute Gasteiger partial charge is 0.251 e. The second-order valence-corrected chi connectivity index (χ2v) is 9.48. The number of nitrogens with one attached hydrogen (secondary N) is 1. The van der Waals surface area contributed by atoms with Gasteiger partial charge in [0.1, 0.15) is 11.9 Å². The van der Waals surface area contributed by atoms with Gasteiger partial charge in [0.2, 0.25) is 5.91 Å². The Kier molecular flexibility index (Phi) is 7.84. The number of amides is 2. The molecule has 5 nitrogen and oxygen atoms in total. The normalized spacial score (nSPS) is 17.3. The number of rotatable bonds is 6. The van der Waals surface area contributed by atoms with Crippen molar-refractivity contribution in [3.63, 3.8) is 0 Å². The summed E-state index contributed by atoms with van der Waals surface area (Å²) in [6, 6.07) is 15.3. The first-order valence-electron chi connectivity index (χ1n) is 10.9. The number of hydrogen-bond donors (Lipinski definition) is 1. The van der Waals surface area contributed by atoms with Crippen LogP contribution in [0.15, 0.2) is 65.1 Å². The molecule has 1 saturated heterocycles. The van der Waals surface area contributed by atoms with Crippen molar-refractivity contribution in [3.05, 3.63) is 81.5 Å². The third-order valence-corrected chi connectivity index (χ3v) is 6.54. The van der Waals surface area contributed by atoms with Crippen molar-refractivity contribution < 1.29 is 23.1 Å². The lowest BCUT2D eigenvalue weighted by molar-refractivity contribution is -0.127. The molecular formula is C26H22BrClF2N2O3. The summed E-state index contributed by atoms with van der Waals surface area (Å²) >= 11 is 9.65. The average molecular weight is 564 g/mol. The minimum Gasteiger partial charge on any atom is -0.497 e. The summed E-state index contributed by atoms with van der Waals surface area (Å²) in [5, 5.41) is 3.11. The molecule has 9 heteroatoms. The lowest BCUT2D eigenvalue weighted by Crippen LogP contribution is -2.48. The van der Waals surface area contributed by atoms with Crippen LogP contribution in [0.25, 0.3) is 11.1 Å². The number of carbonyl (C=O) groups is 2. The lowest BCUT2D eigenvalue weighted by atomic mass is 10.0. The number of carbonyl (C=O) groups excluding carboxylic acids is 2. The van der Waals surface area contributed by atoms with Gasteiger partial charge in [0.15, 0.2) is 5.82 Å². The van der Waals surface area contributed by atoms with Gasteiger partial charge in [-0.1, -0.05) is 57.9 Å². The highest BCUT2D eigenvalue weighted by atomic mass is 79.9. The summed E-state index contributed by atoms with van der Waals surface area (Å²) in [5.74, 6) is -1.63. The predicted molar refractivity (Wildman–Crippen MR) is 135 cm³/mol. The minimum absolute atomic E-state index is 0.0105. The first-order valence-corrected chi connectivity index (χ1v) is 12.1. The second kappa shape index (κ2) is 10.8. The molecule has 35 heavy (non-hydrogen) atoms. The van der Waals surface area contributed by atoms with Gasteiger partial charge in [-0.2, -0.15) is 0 Å². The van der Waals surface area contributed by atoms with Gasteiger partial charge in [0.25, 0.3) is 5.91 Å². The highest BCUT2D eigenvalue weighted by Gasteiger charge is 2.37. The van der Waals surface area contributed by atoms with E-state index in [0.717, 1.165) is 4.90 Å². The van der Waals surface area contributed by atoms with E-state index in [1.807, 2.05) is 0 Å². The molecule has 0 unspecified atom stereocenters. The van der Waals surface area contributed by atoms with E-state index in [9.17, 15) is 14.0 Å². The number of imide groups is 1. The number of methoxy groups -OCH3 is 1. The highest BCUT2D eigenvalue weighted by molar-refractivity contribution is 9.10. The Labute approximate surface area is 215 Å². The Morgan fingerprint density at radius 2 is 1.89 bits per heavy atom. The van der Waals surface area contributed by atoms with Crippen molar-refractivity contribution in [2.45, 2.75) is 25.1 Å². The predicted octanol–water partition coefficient (Wildman–Crippen LogP) is 5.72. The fourth-order valence-corrected chi connectivity index (χ4v) is 4.84. The van der Waals surface area contributed by atoms with Crippen LogP contribution in [0.4, 0.5) is 14.5 Å². The van der Waals surface area contributed by atoms with E-state index in [0.29, 0.717) is 26.4 Å². The summed E-state index contributed by atoms with van der Waals surface area (Å²) < 4.78 is 35.7. The molecular weight excluding hydrogens is 542 g/mol. The fraction of sp³-hybridized carbons (Fsp3) is 0.231. The molecule has 4 rings (SSSR count). The first-order chi connectivity index (χ1) is 16.8. The Balaban J connectivity index is 1.76. The maximum atomic E-state index is 15.9. The molecule has 0 radical (unpaired) electrons. The largest absolute Gasteiger partial charge is 0.497 e. The molecule has 1 aliphatic rings. The minimum atomic E-state index is -1.23. The van der Waals surface area contributed by atoms with Crippen LogP contribution in [0.5, 0.6) is 5.75 Å². The van der Waals surface area contributed by atoms with Crippen LogP contribution in [0.1, 0.15) is 12.0 Å². The number of benzene rings is 3. The van der Waals surface area contributed by atoms with Crippen LogP contribution < -0.4 is 15.0 Å². The van der Waals surface area contributed by atoms with E-state index < -0.39 is 29.8 Å². The standard InChI is InChI=1S/C26H22BrClF2N2O3/c1-35-18-10-15(9-16(27)12-18)11-24(33)32(26(34)22-13-17(29)14-31-22)23-8-4-6-20(25(23)30)19-5-2-3-7-21(19)28/h2-10,12,17,22,31H,11,13-14H2,1H3/t17-,22+/m1/s1. The highest BCUT2D eigenvalue weighted by Crippen LogP contribution is 2.35. The molecule has 2 atom stereocenters. The summed E-state index contributed by atoms with van der Waals surface area (Å²) in [5.41, 5.74) is 0.909. The summed E-state index contributed by atoms with van der Waals surface area (Å²) in [4.78, 5) is 27.7. The Bertz CT molecular complexity index is 1270. The first kappa shape index (κ1) is 25.3. The molecule has 1 fully saturated rings. The average Bonchev–Trinajstić information content (AvgIpc) is 3.26. The maximum absolute atomic E-state index is 15.9. The molecule has 3 aromatic carbocycles. The van der Waals surface area contributed by atoms with Crippen molar-refractivity contribution in [2.75, 3.05) is 18.6 Å². The van der Waals surface area contributed by atoms with Crippen molar-refractivity contribution in [1.82, 2.24) is 5.32 Å². The number of anilines is 1. The fourth-order valence-electron chi connectivity index (χ4n) is 4.09. The Morgan fingerprint density at radius 3 is 2.57 bits per heavy atom. The van der Waals surface area contributed by atoms with Gasteiger partial charge in [-0.25, -0.2) is 13.7 Å². The molecule has 0 aromatic heterocycles. The molecule has 1 N–H and O–H groups in total. The molecule has 1 heterocycles. The van der Waals surface area contributed by atoms with Crippen LogP contribution in [0.2, 0.25) is 5.02 Å². The van der Waals surface area contributed by atoms with Gasteiger partial charge in [0, 0.05) is 33.6 Å². The number of ether oxygens (including phenoxy) is 1. The summed E-state index contributed by atoms with van der Waals surface area (Å²) in [7, 11) is 1.50. The van der Waals surface area contributed by atoms with Crippen molar-refractivity contribution in [1.29, 1.82) is 0 Å². The van der Waals surface area contributed by atoms with E-state index in [-0.39, 0.29) is 30.6 Å². The van der Waals surface area contributed by atoms with Crippen LogP contribution in [-0.2, 0) is 16.0 Å². The van der Waals surface area contributed by atoms with Gasteiger partial charge in [0.05, 0.1) is 25.3 Å². The van der Waals surface area contributed by atoms with Crippen molar-refractivity contribution in [3.8, 4) is 16.9 Å². The van der Waals surface area contributed by atoms with E-state index >= 15 is 4.39 Å². The quantitative estimate of drug-likeness (QED) is 0.417. The zero-order valence-corrected chi connectivity index (χ0v) is 21.1. The molecule has 2 amide bonds.